The predicted octanol–water partition coefficient (Wildman–Crippen LogP) is 1.72. The maximum absolute atomic E-state index is 12.4. The zero-order valence-electron chi connectivity index (χ0n) is 16.3. The van der Waals surface area contributed by atoms with Crippen LogP contribution in [0.3, 0.4) is 0 Å². The van der Waals surface area contributed by atoms with E-state index >= 15 is 0 Å². The van der Waals surface area contributed by atoms with E-state index in [2.05, 4.69) is 39.3 Å². The molecule has 1 fully saturated rings. The lowest BCUT2D eigenvalue weighted by molar-refractivity contribution is -0.134. The maximum atomic E-state index is 12.4. The van der Waals surface area contributed by atoms with E-state index < -0.39 is 6.04 Å². The molecule has 1 aliphatic rings. The van der Waals surface area contributed by atoms with Crippen LogP contribution in [0.15, 0.2) is 18.2 Å². The van der Waals surface area contributed by atoms with E-state index in [4.69, 9.17) is 0 Å². The molecule has 1 aromatic heterocycles. The summed E-state index contributed by atoms with van der Waals surface area (Å²) in [4.78, 5) is 34.5. The predicted molar refractivity (Wildman–Crippen MR) is 105 cm³/mol. The molecule has 1 aliphatic heterocycles. The van der Waals surface area contributed by atoms with Crippen molar-refractivity contribution < 1.29 is 9.59 Å². The van der Waals surface area contributed by atoms with E-state index in [0.29, 0.717) is 24.8 Å². The Hall–Kier alpha value is -2.41. The van der Waals surface area contributed by atoms with Crippen LogP contribution >= 0.6 is 0 Å². The molecule has 7 heteroatoms. The van der Waals surface area contributed by atoms with Crippen molar-refractivity contribution in [3.63, 3.8) is 0 Å². The van der Waals surface area contributed by atoms with E-state index in [0.717, 1.165) is 36.1 Å². The molecule has 146 valence electrons. The van der Waals surface area contributed by atoms with Gasteiger partial charge in [0.05, 0.1) is 30.0 Å². The van der Waals surface area contributed by atoms with E-state index in [9.17, 15) is 9.59 Å². The first kappa shape index (κ1) is 19.4. The van der Waals surface area contributed by atoms with Crippen molar-refractivity contribution in [2.24, 2.45) is 5.92 Å². The second kappa shape index (κ2) is 8.52. The fourth-order valence-electron chi connectivity index (χ4n) is 3.37. The van der Waals surface area contributed by atoms with Gasteiger partial charge in [0, 0.05) is 13.1 Å². The Bertz CT molecular complexity index is 814. The summed E-state index contributed by atoms with van der Waals surface area (Å²) in [5, 5.41) is 5.76. The van der Waals surface area contributed by atoms with Crippen LogP contribution in [0.4, 0.5) is 0 Å². The van der Waals surface area contributed by atoms with Crippen molar-refractivity contribution in [3.8, 4) is 0 Å². The Morgan fingerprint density at radius 2 is 2.22 bits per heavy atom. The Morgan fingerprint density at radius 1 is 1.41 bits per heavy atom. The normalized spacial score (nSPS) is 18.1. The van der Waals surface area contributed by atoms with Crippen molar-refractivity contribution >= 4 is 22.8 Å². The van der Waals surface area contributed by atoms with Gasteiger partial charge in [0.15, 0.2) is 0 Å². The molecule has 2 aromatic rings. The number of nitrogens with zero attached hydrogens (tertiary/aromatic N) is 2. The van der Waals surface area contributed by atoms with Crippen molar-refractivity contribution in [2.75, 3.05) is 19.6 Å². The number of amides is 2. The molecule has 3 rings (SSSR count). The highest BCUT2D eigenvalue weighted by Gasteiger charge is 2.31. The molecule has 1 atom stereocenters. The van der Waals surface area contributed by atoms with Gasteiger partial charge in [0.25, 0.3) is 0 Å². The lowest BCUT2D eigenvalue weighted by Gasteiger charge is -2.35. The van der Waals surface area contributed by atoms with Gasteiger partial charge in [-0.05, 0) is 43.5 Å². The summed E-state index contributed by atoms with van der Waals surface area (Å²) in [6.07, 6.45) is 1.19. The van der Waals surface area contributed by atoms with E-state index in [1.165, 1.54) is 0 Å². The van der Waals surface area contributed by atoms with Gasteiger partial charge in [0.1, 0.15) is 5.82 Å². The molecule has 2 heterocycles. The van der Waals surface area contributed by atoms with Crippen molar-refractivity contribution in [1.82, 2.24) is 25.5 Å². The van der Waals surface area contributed by atoms with E-state index in [1.807, 2.05) is 25.1 Å². The van der Waals surface area contributed by atoms with E-state index in [1.54, 1.807) is 0 Å². The third kappa shape index (κ3) is 5.07. The minimum Gasteiger partial charge on any atom is -0.353 e. The molecular formula is C20H29N5O2. The van der Waals surface area contributed by atoms with Crippen molar-refractivity contribution in [3.05, 3.63) is 29.6 Å². The maximum Gasteiger partial charge on any atom is 0.237 e. The zero-order chi connectivity index (χ0) is 19.4. The number of hydrogen-bond acceptors (Lipinski definition) is 4. The van der Waals surface area contributed by atoms with Gasteiger partial charge in [-0.1, -0.05) is 19.9 Å². The lowest BCUT2D eigenvalue weighted by atomic mass is 10.1. The Labute approximate surface area is 159 Å². The molecule has 0 bridgehead atoms. The average molecular weight is 371 g/mol. The van der Waals surface area contributed by atoms with Crippen molar-refractivity contribution in [2.45, 2.75) is 46.2 Å². The molecule has 0 saturated carbocycles. The molecule has 0 unspecified atom stereocenters. The minimum atomic E-state index is -0.393. The molecule has 0 radical (unpaired) electrons. The van der Waals surface area contributed by atoms with Gasteiger partial charge in [-0.3, -0.25) is 14.5 Å². The molecule has 2 amide bonds. The molecule has 7 nitrogen and oxygen atoms in total. The Kier molecular flexibility index (Phi) is 6.11. The Balaban J connectivity index is 1.56. The first-order valence-corrected chi connectivity index (χ1v) is 9.66. The number of aryl methyl sites for hydroxylation is 1. The monoisotopic (exact) mass is 371 g/mol. The standard InChI is InChI=1S/C20H29N5O2/c1-13(2)6-8-25-9-7-21-20(27)17(25)11-19(26)22-12-18-23-15-5-4-14(3)10-16(15)24-18/h4-5,10,13,17H,6-9,11-12H2,1-3H3,(H,21,27)(H,22,26)(H,23,24)/t17-/m1/s1. The van der Waals surface area contributed by atoms with Crippen LogP contribution in [0.1, 0.15) is 38.1 Å². The van der Waals surface area contributed by atoms with Gasteiger partial charge < -0.3 is 15.6 Å². The highest BCUT2D eigenvalue weighted by molar-refractivity contribution is 5.88. The molecule has 0 aliphatic carbocycles. The molecule has 27 heavy (non-hydrogen) atoms. The van der Waals surface area contributed by atoms with Crippen LogP contribution in [0.5, 0.6) is 0 Å². The fraction of sp³-hybridized carbons (Fsp3) is 0.550. The molecule has 3 N–H and O–H groups in total. The van der Waals surface area contributed by atoms with Crippen LogP contribution in [0.2, 0.25) is 0 Å². The van der Waals surface area contributed by atoms with Crippen LogP contribution in [0.25, 0.3) is 11.0 Å². The summed E-state index contributed by atoms with van der Waals surface area (Å²) >= 11 is 0. The van der Waals surface area contributed by atoms with Gasteiger partial charge >= 0.3 is 0 Å². The number of H-pyrrole nitrogens is 1. The van der Waals surface area contributed by atoms with Crippen LogP contribution < -0.4 is 10.6 Å². The molecule has 1 aromatic carbocycles. The zero-order valence-corrected chi connectivity index (χ0v) is 16.3. The van der Waals surface area contributed by atoms with Gasteiger partial charge in [0.2, 0.25) is 11.8 Å². The quantitative estimate of drug-likeness (QED) is 0.691. The Morgan fingerprint density at radius 3 is 3.00 bits per heavy atom. The summed E-state index contributed by atoms with van der Waals surface area (Å²) in [7, 11) is 0. The number of carbonyl (C=O) groups is 2. The van der Waals surface area contributed by atoms with Gasteiger partial charge in [-0.2, -0.15) is 0 Å². The number of aromatic amines is 1. The van der Waals surface area contributed by atoms with Crippen LogP contribution in [0, 0.1) is 12.8 Å². The van der Waals surface area contributed by atoms with Gasteiger partial charge in [-0.25, -0.2) is 4.98 Å². The van der Waals surface area contributed by atoms with Crippen molar-refractivity contribution in [1.29, 1.82) is 0 Å². The second-order valence-electron chi connectivity index (χ2n) is 7.71. The third-order valence-corrected chi connectivity index (χ3v) is 4.95. The smallest absolute Gasteiger partial charge is 0.237 e. The SMILES string of the molecule is Cc1ccc2nc(CNC(=O)C[C@@H]3C(=O)NCCN3CCC(C)C)[nH]c2c1. The molecular weight excluding hydrogens is 342 g/mol. The number of carbonyl (C=O) groups excluding carboxylic acids is 2. The minimum absolute atomic E-state index is 0.0561. The number of benzene rings is 1. The number of imidazole rings is 1. The highest BCUT2D eigenvalue weighted by Crippen LogP contribution is 2.14. The topological polar surface area (TPSA) is 90.1 Å². The number of aromatic nitrogens is 2. The lowest BCUT2D eigenvalue weighted by Crippen LogP contribution is -2.56. The first-order valence-electron chi connectivity index (χ1n) is 9.66. The van der Waals surface area contributed by atoms with Crippen LogP contribution in [-0.2, 0) is 16.1 Å². The largest absolute Gasteiger partial charge is 0.353 e. The number of piperazine rings is 1. The van der Waals surface area contributed by atoms with Gasteiger partial charge in [-0.15, -0.1) is 0 Å². The second-order valence-corrected chi connectivity index (χ2v) is 7.71. The first-order chi connectivity index (χ1) is 12.9. The average Bonchev–Trinajstić information content (AvgIpc) is 3.02. The highest BCUT2D eigenvalue weighted by atomic mass is 16.2. The fourth-order valence-corrected chi connectivity index (χ4v) is 3.37. The number of nitrogens with one attached hydrogen (secondary N) is 3. The summed E-state index contributed by atoms with van der Waals surface area (Å²) in [5.41, 5.74) is 3.01. The summed E-state index contributed by atoms with van der Waals surface area (Å²) in [6.45, 7) is 8.97. The number of fused-ring (bicyclic) bond motifs is 1. The number of hydrogen-bond donors (Lipinski definition) is 3. The van der Waals surface area contributed by atoms with Crippen LogP contribution in [-0.4, -0.2) is 52.4 Å². The summed E-state index contributed by atoms with van der Waals surface area (Å²) < 4.78 is 0. The third-order valence-electron chi connectivity index (χ3n) is 4.95. The number of rotatable bonds is 7. The summed E-state index contributed by atoms with van der Waals surface area (Å²) in [6, 6.07) is 5.62. The molecule has 0 spiro atoms. The summed E-state index contributed by atoms with van der Waals surface area (Å²) in [5.74, 6) is 1.09. The van der Waals surface area contributed by atoms with E-state index in [-0.39, 0.29) is 18.2 Å². The molecule has 1 saturated heterocycles.